The number of rotatable bonds is 14. The van der Waals surface area contributed by atoms with Crippen molar-refractivity contribution >= 4 is 21.8 Å². The van der Waals surface area contributed by atoms with Crippen molar-refractivity contribution in [3.8, 4) is 0 Å². The van der Waals surface area contributed by atoms with Gasteiger partial charge in [-0.3, -0.25) is 9.59 Å². The molecule has 204 valence electrons. The van der Waals surface area contributed by atoms with Crippen LogP contribution in [0.5, 0.6) is 0 Å². The quantitative estimate of drug-likeness (QED) is 0.292. The first-order chi connectivity index (χ1) is 17.0. The van der Waals surface area contributed by atoms with Crippen LogP contribution in [-0.2, 0) is 40.5 Å². The fourth-order valence-electron chi connectivity index (χ4n) is 3.58. The molecule has 1 N–H and O–H groups in total. The third kappa shape index (κ3) is 10.1. The lowest BCUT2D eigenvalue weighted by molar-refractivity contribution is -0.216. The Morgan fingerprint density at radius 1 is 1.11 bits per heavy atom. The maximum atomic E-state index is 13.5. The van der Waals surface area contributed by atoms with E-state index in [0.29, 0.717) is 19.4 Å². The van der Waals surface area contributed by atoms with E-state index in [1.54, 1.807) is 0 Å². The molecule has 0 unspecified atom stereocenters. The zero-order chi connectivity index (χ0) is 26.7. The summed E-state index contributed by atoms with van der Waals surface area (Å²) in [6.45, 7) is 8.09. The van der Waals surface area contributed by atoms with E-state index in [4.69, 9.17) is 14.3 Å². The van der Waals surface area contributed by atoms with Gasteiger partial charge in [-0.2, -0.15) is 0 Å². The van der Waals surface area contributed by atoms with E-state index in [0.717, 1.165) is 34.1 Å². The Kier molecular flexibility index (Phi) is 12.3. The smallest absolute Gasteiger partial charge is 0.295 e. The Balaban J connectivity index is 2.39. The molecule has 1 aromatic rings. The largest absolute Gasteiger partial charge is 0.350 e. The fraction of sp³-hybridized carbons (Fsp3) is 0.680. The molecule has 36 heavy (non-hydrogen) atoms. The van der Waals surface area contributed by atoms with Crippen LogP contribution in [0.4, 0.5) is 0 Å². The van der Waals surface area contributed by atoms with Gasteiger partial charge >= 0.3 is 0 Å². The predicted octanol–water partition coefficient (Wildman–Crippen LogP) is 3.20. The van der Waals surface area contributed by atoms with E-state index in [1.807, 2.05) is 58.0 Å². The van der Waals surface area contributed by atoms with Gasteiger partial charge in [0.1, 0.15) is 0 Å². The van der Waals surface area contributed by atoms with E-state index in [9.17, 15) is 18.0 Å². The number of hydrogen-bond acceptors (Lipinski definition) is 7. The van der Waals surface area contributed by atoms with E-state index in [2.05, 4.69) is 5.48 Å². The van der Waals surface area contributed by atoms with Gasteiger partial charge in [0.15, 0.2) is 6.29 Å². The Bertz CT molecular complexity index is 919. The molecule has 1 heterocycles. The van der Waals surface area contributed by atoms with Crippen LogP contribution in [0.3, 0.4) is 0 Å². The Labute approximate surface area is 215 Å². The molecule has 0 bridgehead atoms. The van der Waals surface area contributed by atoms with E-state index in [1.165, 1.54) is 0 Å². The Morgan fingerprint density at radius 3 is 2.36 bits per heavy atom. The van der Waals surface area contributed by atoms with Crippen LogP contribution in [0.15, 0.2) is 30.3 Å². The molecule has 2 atom stereocenters. The summed E-state index contributed by atoms with van der Waals surface area (Å²) in [6.07, 6.45) is 1.79. The summed E-state index contributed by atoms with van der Waals surface area (Å²) < 4.78 is 38.1. The Morgan fingerprint density at radius 2 is 1.81 bits per heavy atom. The number of amides is 2. The van der Waals surface area contributed by atoms with Crippen LogP contribution in [0.25, 0.3) is 0 Å². The number of benzene rings is 1. The van der Waals surface area contributed by atoms with Crippen LogP contribution in [0, 0.1) is 11.8 Å². The molecule has 0 saturated carbocycles. The molecule has 1 aliphatic rings. The molecule has 1 saturated heterocycles. The summed E-state index contributed by atoms with van der Waals surface area (Å²) in [4.78, 5) is 32.3. The number of hydrogen-bond donors (Lipinski definition) is 1. The topological polar surface area (TPSA) is 114 Å². The van der Waals surface area contributed by atoms with Crippen LogP contribution in [-0.4, -0.2) is 61.6 Å². The highest BCUT2D eigenvalue weighted by molar-refractivity contribution is 7.88. The number of sulfonamides is 1. The summed E-state index contributed by atoms with van der Waals surface area (Å²) in [5.74, 6) is -1.24. The van der Waals surface area contributed by atoms with Gasteiger partial charge < -0.3 is 9.47 Å². The monoisotopic (exact) mass is 527 g/mol. The summed E-state index contributed by atoms with van der Waals surface area (Å²) in [6, 6.07) is 9.12. The van der Waals surface area contributed by atoms with Crippen molar-refractivity contribution in [2.75, 3.05) is 19.4 Å². The lowest BCUT2D eigenvalue weighted by Crippen LogP contribution is -2.60. The average Bonchev–Trinajstić information content (AvgIpc) is 2.83. The molecule has 11 heteroatoms. The van der Waals surface area contributed by atoms with Gasteiger partial charge in [-0.1, -0.05) is 58.0 Å². The van der Waals surface area contributed by atoms with E-state index >= 15 is 0 Å². The minimum absolute atomic E-state index is 0.00266. The van der Waals surface area contributed by atoms with Gasteiger partial charge in [-0.15, -0.1) is 4.41 Å². The highest BCUT2D eigenvalue weighted by atomic mass is 32.2. The molecule has 10 nitrogen and oxygen atoms in total. The van der Waals surface area contributed by atoms with Crippen LogP contribution in [0.2, 0.25) is 0 Å². The second kappa shape index (κ2) is 14.6. The minimum atomic E-state index is -3.93. The lowest BCUT2D eigenvalue weighted by atomic mass is 10.1. The van der Waals surface area contributed by atoms with Gasteiger partial charge in [0.05, 0.1) is 12.9 Å². The van der Waals surface area contributed by atoms with Crippen molar-refractivity contribution in [1.82, 2.24) is 14.9 Å². The summed E-state index contributed by atoms with van der Waals surface area (Å²) >= 11 is 0. The lowest BCUT2D eigenvalue weighted by Gasteiger charge is -2.38. The number of nitrogens with one attached hydrogen (secondary N) is 1. The molecule has 1 aromatic carbocycles. The van der Waals surface area contributed by atoms with Gasteiger partial charge in [-0.25, -0.2) is 23.7 Å². The van der Waals surface area contributed by atoms with Crippen LogP contribution >= 0.6 is 0 Å². The molecule has 0 radical (unpaired) electrons. The maximum absolute atomic E-state index is 13.5. The average molecular weight is 528 g/mol. The van der Waals surface area contributed by atoms with Gasteiger partial charge in [0, 0.05) is 26.0 Å². The number of carbonyl (C=O) groups is 2. The molecule has 0 aliphatic carbocycles. The van der Waals surface area contributed by atoms with Crippen molar-refractivity contribution in [3.63, 3.8) is 0 Å². The molecule has 0 aromatic heterocycles. The summed E-state index contributed by atoms with van der Waals surface area (Å²) in [5.41, 5.74) is 3.10. The highest BCUT2D eigenvalue weighted by Crippen LogP contribution is 2.20. The first kappa shape index (κ1) is 30.2. The fourth-order valence-corrected chi connectivity index (χ4v) is 4.64. The van der Waals surface area contributed by atoms with Gasteiger partial charge in [-0.05, 0) is 36.7 Å². The van der Waals surface area contributed by atoms with Crippen LogP contribution in [0.1, 0.15) is 65.4 Å². The standard InChI is InChI=1S/C25H41N3O7S/c1-19(2)14-15-22(29)28(27(17-20(3)4)36(5,31)32)25(34-18-21-11-7-6-8-12-21)24(30)26-35-23-13-9-10-16-33-23/h6-8,11-12,19-20,23,25H,9-10,13-18H2,1-5H3,(H,26,30)/t23-,25+/m0/s1. The second-order valence-electron chi connectivity index (χ2n) is 9.86. The summed E-state index contributed by atoms with van der Waals surface area (Å²) in [7, 11) is -3.93. The molecule has 1 aliphatic heterocycles. The van der Waals surface area contributed by atoms with E-state index < -0.39 is 34.4 Å². The van der Waals surface area contributed by atoms with Crippen molar-refractivity contribution in [3.05, 3.63) is 35.9 Å². The molecular formula is C25H41N3O7S. The Hall–Kier alpha value is -2.05. The number of hydroxylamine groups is 1. The second-order valence-corrected chi connectivity index (χ2v) is 11.7. The summed E-state index contributed by atoms with van der Waals surface area (Å²) in [5, 5.41) is 0.932. The molecule has 2 rings (SSSR count). The minimum Gasteiger partial charge on any atom is -0.350 e. The number of ether oxygens (including phenoxy) is 2. The highest BCUT2D eigenvalue weighted by Gasteiger charge is 2.40. The van der Waals surface area contributed by atoms with Gasteiger partial charge in [0.2, 0.25) is 22.2 Å². The third-order valence-electron chi connectivity index (χ3n) is 5.46. The maximum Gasteiger partial charge on any atom is 0.295 e. The van der Waals surface area contributed by atoms with Crippen molar-refractivity contribution in [2.45, 2.75) is 78.9 Å². The van der Waals surface area contributed by atoms with Gasteiger partial charge in [0.25, 0.3) is 5.91 Å². The van der Waals surface area contributed by atoms with Crippen molar-refractivity contribution in [2.24, 2.45) is 11.8 Å². The van der Waals surface area contributed by atoms with E-state index in [-0.39, 0.29) is 31.4 Å². The van der Waals surface area contributed by atoms with Crippen molar-refractivity contribution < 1.29 is 32.3 Å². The molecule has 0 spiro atoms. The van der Waals surface area contributed by atoms with Crippen LogP contribution < -0.4 is 5.48 Å². The first-order valence-electron chi connectivity index (χ1n) is 12.5. The SMILES string of the molecule is CC(C)CCC(=O)N([C@H](OCc1ccccc1)C(=O)NO[C@H]1CCCCO1)N(CC(C)C)S(C)(=O)=O. The molecule has 1 fully saturated rings. The molecule has 2 amide bonds. The third-order valence-corrected chi connectivity index (χ3v) is 6.55. The van der Waals surface area contributed by atoms with Crippen molar-refractivity contribution in [1.29, 1.82) is 0 Å². The zero-order valence-corrected chi connectivity index (χ0v) is 22.8. The predicted molar refractivity (Wildman–Crippen MR) is 135 cm³/mol. The number of carbonyl (C=O) groups excluding carboxylic acids is 2. The number of nitrogens with zero attached hydrogens (tertiary/aromatic N) is 2. The molecular weight excluding hydrogens is 486 g/mol. The number of hydrazine groups is 1. The first-order valence-corrected chi connectivity index (χ1v) is 14.4. The zero-order valence-electron chi connectivity index (χ0n) is 22.0. The normalized spacial score (nSPS) is 17.4.